The third-order valence-corrected chi connectivity index (χ3v) is 4.29. The molecule has 0 fully saturated rings. The van der Waals surface area contributed by atoms with Crippen LogP contribution in [-0.2, 0) is 24.3 Å². The number of amides is 1. The van der Waals surface area contributed by atoms with Crippen LogP contribution in [0.1, 0.15) is 24.7 Å². The van der Waals surface area contributed by atoms with Crippen LogP contribution in [0.15, 0.2) is 48.8 Å². The summed E-state index contributed by atoms with van der Waals surface area (Å²) < 4.78 is 1.97. The Kier molecular flexibility index (Phi) is 5.59. The molecule has 26 heavy (non-hydrogen) atoms. The van der Waals surface area contributed by atoms with Crippen molar-refractivity contribution in [2.45, 2.75) is 32.9 Å². The number of nitriles is 1. The van der Waals surface area contributed by atoms with Gasteiger partial charge in [0.05, 0.1) is 23.5 Å². The second-order valence-corrected chi connectivity index (χ2v) is 6.04. The van der Waals surface area contributed by atoms with Crippen LogP contribution >= 0.6 is 0 Å². The Hall–Kier alpha value is -3.20. The van der Waals surface area contributed by atoms with Crippen LogP contribution in [0.5, 0.6) is 0 Å². The molecule has 0 spiro atoms. The summed E-state index contributed by atoms with van der Waals surface area (Å²) >= 11 is 0. The number of carbonyl (C=O) groups is 1. The van der Waals surface area contributed by atoms with Crippen LogP contribution in [-0.4, -0.2) is 31.9 Å². The lowest BCUT2D eigenvalue weighted by molar-refractivity contribution is -0.132. The quantitative estimate of drug-likeness (QED) is 0.658. The molecule has 0 bridgehead atoms. The number of hydrogen-bond acceptors (Lipinski definition) is 4. The van der Waals surface area contributed by atoms with Crippen molar-refractivity contribution in [3.8, 4) is 6.07 Å². The molecule has 1 amide bonds. The first-order chi connectivity index (χ1) is 12.7. The van der Waals surface area contributed by atoms with E-state index in [-0.39, 0.29) is 12.5 Å². The lowest BCUT2D eigenvalue weighted by Crippen LogP contribution is -2.34. The number of imidazole rings is 1. The fraction of sp³-hybridized carbons (Fsp3) is 0.300. The molecule has 0 atom stereocenters. The normalized spacial score (nSPS) is 10.6. The predicted octanol–water partition coefficient (Wildman–Crippen LogP) is 2.94. The van der Waals surface area contributed by atoms with Gasteiger partial charge in [0.1, 0.15) is 12.4 Å². The monoisotopic (exact) mass is 347 g/mol. The number of carbonyl (C=O) groups excluding carboxylic acids is 1. The van der Waals surface area contributed by atoms with Gasteiger partial charge in [0.2, 0.25) is 5.91 Å². The van der Waals surface area contributed by atoms with Crippen molar-refractivity contribution in [3.05, 3.63) is 60.2 Å². The van der Waals surface area contributed by atoms with Gasteiger partial charge in [-0.2, -0.15) is 5.26 Å². The second kappa shape index (κ2) is 8.26. The summed E-state index contributed by atoms with van der Waals surface area (Å²) in [6, 6.07) is 13.7. The summed E-state index contributed by atoms with van der Waals surface area (Å²) in [6.45, 7) is 3.10. The maximum absolute atomic E-state index is 13.0. The molecular weight excluding hydrogens is 326 g/mol. The van der Waals surface area contributed by atoms with Crippen molar-refractivity contribution in [1.82, 2.24) is 19.4 Å². The van der Waals surface area contributed by atoms with Gasteiger partial charge < -0.3 is 9.47 Å². The van der Waals surface area contributed by atoms with E-state index in [1.165, 1.54) is 0 Å². The number of aryl methyl sites for hydroxylation is 1. The van der Waals surface area contributed by atoms with E-state index in [2.05, 4.69) is 16.0 Å². The Bertz CT molecular complexity index is 926. The molecule has 0 aliphatic rings. The molecule has 6 heteroatoms. The molecule has 0 saturated heterocycles. The summed E-state index contributed by atoms with van der Waals surface area (Å²) in [5, 5.41) is 8.93. The number of pyridine rings is 1. The molecule has 0 unspecified atom stereocenters. The van der Waals surface area contributed by atoms with Gasteiger partial charge in [0.25, 0.3) is 0 Å². The Morgan fingerprint density at radius 1 is 1.27 bits per heavy atom. The van der Waals surface area contributed by atoms with Gasteiger partial charge in [-0.05, 0) is 23.8 Å². The molecule has 132 valence electrons. The van der Waals surface area contributed by atoms with Gasteiger partial charge in [-0.15, -0.1) is 0 Å². The summed E-state index contributed by atoms with van der Waals surface area (Å²) in [5.74, 6) is 0.864. The van der Waals surface area contributed by atoms with Crippen LogP contribution in [0.2, 0.25) is 0 Å². The topological polar surface area (TPSA) is 74.8 Å². The van der Waals surface area contributed by atoms with Crippen molar-refractivity contribution in [1.29, 1.82) is 5.26 Å². The SMILES string of the molecule is CCc1nc2ccccc2n1CC(=O)N(CCC#N)Cc1cccnc1. The zero-order chi connectivity index (χ0) is 18.4. The first-order valence-corrected chi connectivity index (χ1v) is 8.70. The van der Waals surface area contributed by atoms with Crippen LogP contribution in [0.4, 0.5) is 0 Å². The standard InChI is InChI=1S/C20H21N5O/c1-2-19-23-17-8-3-4-9-18(17)25(19)15-20(26)24(12-6-10-21)14-16-7-5-11-22-13-16/h3-5,7-9,11,13H,2,6,12,14-15H2,1H3. The van der Waals surface area contributed by atoms with Crippen LogP contribution in [0, 0.1) is 11.3 Å². The molecular formula is C20H21N5O. The zero-order valence-corrected chi connectivity index (χ0v) is 14.8. The maximum atomic E-state index is 13.0. The van der Waals surface area contributed by atoms with Crippen LogP contribution in [0.25, 0.3) is 11.0 Å². The van der Waals surface area contributed by atoms with Crippen molar-refractivity contribution in [2.75, 3.05) is 6.54 Å². The number of nitrogens with zero attached hydrogens (tertiary/aromatic N) is 5. The molecule has 0 radical (unpaired) electrons. The minimum atomic E-state index is -0.0260. The zero-order valence-electron chi connectivity index (χ0n) is 14.8. The molecule has 2 heterocycles. The number of fused-ring (bicyclic) bond motifs is 1. The number of benzene rings is 1. The van der Waals surface area contributed by atoms with E-state index in [0.717, 1.165) is 28.8 Å². The van der Waals surface area contributed by atoms with Crippen LogP contribution in [0.3, 0.4) is 0 Å². The summed E-state index contributed by atoms with van der Waals surface area (Å²) in [7, 11) is 0. The minimum Gasteiger partial charge on any atom is -0.336 e. The molecule has 0 N–H and O–H groups in total. The average Bonchev–Trinajstić information content (AvgIpc) is 3.03. The number of rotatable bonds is 7. The molecule has 0 aliphatic carbocycles. The van der Waals surface area contributed by atoms with Gasteiger partial charge in [0, 0.05) is 31.9 Å². The van der Waals surface area contributed by atoms with E-state index < -0.39 is 0 Å². The molecule has 2 aromatic heterocycles. The summed E-state index contributed by atoms with van der Waals surface area (Å²) in [5.41, 5.74) is 2.80. The molecule has 0 aliphatic heterocycles. The van der Waals surface area contributed by atoms with Crippen molar-refractivity contribution >= 4 is 16.9 Å². The first-order valence-electron chi connectivity index (χ1n) is 8.70. The smallest absolute Gasteiger partial charge is 0.242 e. The van der Waals surface area contributed by atoms with Gasteiger partial charge in [-0.1, -0.05) is 25.1 Å². The van der Waals surface area contributed by atoms with E-state index >= 15 is 0 Å². The van der Waals surface area contributed by atoms with E-state index in [1.54, 1.807) is 17.3 Å². The Morgan fingerprint density at radius 2 is 2.12 bits per heavy atom. The Morgan fingerprint density at radius 3 is 2.85 bits per heavy atom. The average molecular weight is 347 g/mol. The van der Waals surface area contributed by atoms with Gasteiger partial charge in [0.15, 0.2) is 0 Å². The summed E-state index contributed by atoms with van der Waals surface area (Å²) in [4.78, 5) is 23.4. The Balaban J connectivity index is 1.84. The van der Waals surface area contributed by atoms with E-state index in [4.69, 9.17) is 5.26 Å². The number of para-hydroxylation sites is 2. The third kappa shape index (κ3) is 3.89. The van der Waals surface area contributed by atoms with E-state index in [1.807, 2.05) is 47.9 Å². The van der Waals surface area contributed by atoms with Crippen LogP contribution < -0.4 is 0 Å². The van der Waals surface area contributed by atoms with Crippen molar-refractivity contribution < 1.29 is 4.79 Å². The maximum Gasteiger partial charge on any atom is 0.242 e. The Labute approximate surface area is 152 Å². The summed E-state index contributed by atoms with van der Waals surface area (Å²) in [6.07, 6.45) is 4.51. The molecule has 3 aromatic rings. The minimum absolute atomic E-state index is 0.0260. The third-order valence-electron chi connectivity index (χ3n) is 4.29. The predicted molar refractivity (Wildman–Crippen MR) is 99.0 cm³/mol. The fourth-order valence-electron chi connectivity index (χ4n) is 3.00. The fourth-order valence-corrected chi connectivity index (χ4v) is 3.00. The molecule has 6 nitrogen and oxygen atoms in total. The largest absolute Gasteiger partial charge is 0.336 e. The van der Waals surface area contributed by atoms with E-state index in [0.29, 0.717) is 19.5 Å². The highest BCUT2D eigenvalue weighted by Crippen LogP contribution is 2.17. The highest BCUT2D eigenvalue weighted by Gasteiger charge is 2.18. The van der Waals surface area contributed by atoms with Gasteiger partial charge in [-0.25, -0.2) is 4.98 Å². The van der Waals surface area contributed by atoms with Gasteiger partial charge in [-0.3, -0.25) is 9.78 Å². The lowest BCUT2D eigenvalue weighted by Gasteiger charge is -2.22. The second-order valence-electron chi connectivity index (χ2n) is 6.04. The highest BCUT2D eigenvalue weighted by molar-refractivity contribution is 5.81. The lowest BCUT2D eigenvalue weighted by atomic mass is 10.2. The van der Waals surface area contributed by atoms with Crippen molar-refractivity contribution in [3.63, 3.8) is 0 Å². The highest BCUT2D eigenvalue weighted by atomic mass is 16.2. The molecule has 3 rings (SSSR count). The number of hydrogen-bond donors (Lipinski definition) is 0. The van der Waals surface area contributed by atoms with E-state index in [9.17, 15) is 4.79 Å². The number of aromatic nitrogens is 3. The molecule has 1 aromatic carbocycles. The molecule has 0 saturated carbocycles. The van der Waals surface area contributed by atoms with Crippen molar-refractivity contribution in [2.24, 2.45) is 0 Å². The first kappa shape index (κ1) is 17.6. The van der Waals surface area contributed by atoms with Gasteiger partial charge >= 0.3 is 0 Å².